The maximum atomic E-state index is 13.5. The van der Waals surface area contributed by atoms with Crippen molar-refractivity contribution in [2.75, 3.05) is 7.11 Å². The number of aromatic hydroxyl groups is 4. The quantitative estimate of drug-likeness (QED) is 0.291. The van der Waals surface area contributed by atoms with Crippen LogP contribution in [0.4, 0.5) is 0 Å². The number of carbonyl (C=O) groups is 1. The average Bonchev–Trinajstić information content (AvgIpc) is 2.79. The molecule has 1 saturated heterocycles. The number of aliphatic hydroxyl groups is 3. The minimum atomic E-state index is -1.73. The second-order valence-electron chi connectivity index (χ2n) is 8.07. The minimum Gasteiger partial charge on any atom is -0.508 e. The van der Waals surface area contributed by atoms with Crippen molar-refractivity contribution in [3.63, 3.8) is 0 Å². The fourth-order valence-corrected chi connectivity index (χ4v) is 3.99. The van der Waals surface area contributed by atoms with Gasteiger partial charge in [-0.25, -0.2) is 0 Å². The van der Waals surface area contributed by atoms with Gasteiger partial charge in [0.15, 0.2) is 35.7 Å². The van der Waals surface area contributed by atoms with E-state index in [4.69, 9.17) is 18.9 Å². The fourth-order valence-electron chi connectivity index (χ4n) is 3.99. The number of rotatable bonds is 4. The molecule has 2 heterocycles. The van der Waals surface area contributed by atoms with Crippen molar-refractivity contribution in [3.8, 4) is 34.5 Å². The number of carbonyl (C=O) groups excluding carboxylic acids is 1. The van der Waals surface area contributed by atoms with Crippen molar-refractivity contribution in [1.29, 1.82) is 0 Å². The van der Waals surface area contributed by atoms with E-state index in [-0.39, 0.29) is 28.4 Å². The second-order valence-corrected chi connectivity index (χ2v) is 8.07. The van der Waals surface area contributed by atoms with Gasteiger partial charge >= 0.3 is 0 Å². The van der Waals surface area contributed by atoms with Gasteiger partial charge in [-0.2, -0.15) is 0 Å². The monoisotopic (exact) mass is 480 g/mol. The van der Waals surface area contributed by atoms with Crippen molar-refractivity contribution in [2.24, 2.45) is 0 Å². The van der Waals surface area contributed by atoms with Crippen molar-refractivity contribution in [2.45, 2.75) is 49.8 Å². The Labute approximate surface area is 192 Å². The molecule has 7 atom stereocenters. The smallest absolute Gasteiger partial charge is 0.203 e. The zero-order valence-corrected chi connectivity index (χ0v) is 18.0. The maximum absolute atomic E-state index is 13.5. The van der Waals surface area contributed by atoms with Gasteiger partial charge in [0.05, 0.1) is 13.2 Å². The summed E-state index contributed by atoms with van der Waals surface area (Å²) in [6, 6.07) is 4.42. The lowest BCUT2D eigenvalue weighted by Crippen LogP contribution is -2.59. The van der Waals surface area contributed by atoms with Crippen LogP contribution in [-0.2, 0) is 9.47 Å². The number of aliphatic hydroxyl groups excluding tert-OH is 3. The van der Waals surface area contributed by atoms with Gasteiger partial charge in [0.2, 0.25) is 5.78 Å². The lowest BCUT2D eigenvalue weighted by molar-refractivity contribution is -0.304. The number of hydrogen-bond acceptors (Lipinski definition) is 12. The van der Waals surface area contributed by atoms with Gasteiger partial charge in [0.25, 0.3) is 0 Å². The third-order valence-electron chi connectivity index (χ3n) is 5.81. The zero-order chi connectivity index (χ0) is 24.9. The van der Waals surface area contributed by atoms with Gasteiger partial charge in [0, 0.05) is 17.7 Å². The van der Waals surface area contributed by atoms with Crippen molar-refractivity contribution >= 4 is 5.78 Å². The molecule has 2 aliphatic rings. The third-order valence-corrected chi connectivity index (χ3v) is 5.81. The molecule has 0 radical (unpaired) electrons. The van der Waals surface area contributed by atoms with Crippen molar-refractivity contribution < 1.29 is 59.5 Å². The standard InChI is InChI=1S/C22H24O12/c1-7-15(26)18(29)19(30)22(32-7)34-21-17(28)14-12(31-2)5-9(23)6-13(14)33-20(21)8-3-10(24)16(27)11(25)4-8/h3-7,15,18-27,29-30H,1-2H3/t7-,15+,18-,19-,20?,21-,22+/m0/s1. The summed E-state index contributed by atoms with van der Waals surface area (Å²) in [5, 5.41) is 70.1. The van der Waals surface area contributed by atoms with Crippen LogP contribution in [0.3, 0.4) is 0 Å². The molecule has 4 rings (SSSR count). The Morgan fingerprint density at radius 2 is 1.56 bits per heavy atom. The molecule has 1 fully saturated rings. The van der Waals surface area contributed by atoms with E-state index in [1.807, 2.05) is 0 Å². The van der Waals surface area contributed by atoms with Crippen LogP contribution in [0, 0.1) is 0 Å². The van der Waals surface area contributed by atoms with E-state index in [1.54, 1.807) is 0 Å². The Balaban J connectivity index is 1.80. The second kappa shape index (κ2) is 8.81. The summed E-state index contributed by atoms with van der Waals surface area (Å²) in [7, 11) is 1.27. The highest BCUT2D eigenvalue weighted by atomic mass is 16.7. The molecule has 34 heavy (non-hydrogen) atoms. The predicted octanol–water partition coefficient (Wildman–Crippen LogP) is 0.0467. The lowest BCUT2D eigenvalue weighted by Gasteiger charge is -2.42. The molecular formula is C22H24O12. The summed E-state index contributed by atoms with van der Waals surface area (Å²) in [6.45, 7) is 1.43. The van der Waals surface area contributed by atoms with Crippen LogP contribution in [0.15, 0.2) is 24.3 Å². The Hall–Kier alpha value is -3.29. The van der Waals surface area contributed by atoms with Crippen molar-refractivity contribution in [3.05, 3.63) is 35.4 Å². The summed E-state index contributed by atoms with van der Waals surface area (Å²) in [5.74, 6) is -3.31. The Morgan fingerprint density at radius 1 is 0.912 bits per heavy atom. The highest BCUT2D eigenvalue weighted by molar-refractivity contribution is 6.06. The van der Waals surface area contributed by atoms with Gasteiger partial charge in [-0.3, -0.25) is 4.79 Å². The first kappa shape index (κ1) is 23.9. The number of benzene rings is 2. The molecule has 2 aromatic rings. The molecule has 2 aromatic carbocycles. The Bertz CT molecular complexity index is 1080. The summed E-state index contributed by atoms with van der Waals surface area (Å²) < 4.78 is 22.3. The van der Waals surface area contributed by atoms with Gasteiger partial charge in [-0.15, -0.1) is 0 Å². The number of ketones is 1. The normalized spacial score (nSPS) is 31.0. The van der Waals surface area contributed by atoms with Crippen LogP contribution < -0.4 is 9.47 Å². The number of phenolic OH excluding ortho intramolecular Hbond substituents is 4. The average molecular weight is 480 g/mol. The van der Waals surface area contributed by atoms with Gasteiger partial charge in [0.1, 0.15) is 41.1 Å². The minimum absolute atomic E-state index is 0.00181. The maximum Gasteiger partial charge on any atom is 0.203 e. The van der Waals surface area contributed by atoms with Crippen LogP contribution in [-0.4, -0.2) is 85.4 Å². The Morgan fingerprint density at radius 3 is 2.18 bits per heavy atom. The molecule has 0 saturated carbocycles. The highest BCUT2D eigenvalue weighted by Gasteiger charge is 2.48. The van der Waals surface area contributed by atoms with E-state index in [9.17, 15) is 40.5 Å². The lowest BCUT2D eigenvalue weighted by atomic mass is 9.91. The van der Waals surface area contributed by atoms with E-state index in [0.717, 1.165) is 18.2 Å². The molecule has 184 valence electrons. The van der Waals surface area contributed by atoms with Gasteiger partial charge < -0.3 is 54.7 Å². The van der Waals surface area contributed by atoms with E-state index in [2.05, 4.69) is 0 Å². The van der Waals surface area contributed by atoms with Crippen LogP contribution in [0.2, 0.25) is 0 Å². The molecule has 12 heteroatoms. The van der Waals surface area contributed by atoms with E-state index in [1.165, 1.54) is 20.1 Å². The number of ether oxygens (including phenoxy) is 4. The predicted molar refractivity (Wildman–Crippen MR) is 111 cm³/mol. The molecule has 1 unspecified atom stereocenters. The third kappa shape index (κ3) is 3.95. The van der Waals surface area contributed by atoms with Crippen LogP contribution in [0.5, 0.6) is 34.5 Å². The van der Waals surface area contributed by atoms with Gasteiger partial charge in [-0.05, 0) is 19.1 Å². The first-order valence-corrected chi connectivity index (χ1v) is 10.2. The van der Waals surface area contributed by atoms with E-state index >= 15 is 0 Å². The zero-order valence-electron chi connectivity index (χ0n) is 18.0. The first-order valence-electron chi connectivity index (χ1n) is 10.2. The fraction of sp³-hybridized carbons (Fsp3) is 0.409. The Kier molecular flexibility index (Phi) is 6.18. The van der Waals surface area contributed by atoms with Crippen LogP contribution in [0.25, 0.3) is 0 Å². The highest BCUT2D eigenvalue weighted by Crippen LogP contribution is 2.46. The summed E-state index contributed by atoms with van der Waals surface area (Å²) >= 11 is 0. The first-order chi connectivity index (χ1) is 16.0. The van der Waals surface area contributed by atoms with Crippen LogP contribution in [0.1, 0.15) is 28.9 Å². The van der Waals surface area contributed by atoms with E-state index in [0.29, 0.717) is 0 Å². The SMILES string of the molecule is COc1cc(O)cc2c1C(=O)[C@H](O[C@H]1O[C@@H](C)[C@@H](O)[C@H](O)[C@@H]1O)C(c1cc(O)c(O)c(O)c1)O2. The largest absolute Gasteiger partial charge is 0.508 e. The molecule has 0 aliphatic carbocycles. The van der Waals surface area contributed by atoms with Gasteiger partial charge in [-0.1, -0.05) is 0 Å². The number of phenols is 4. The number of methoxy groups -OCH3 is 1. The summed E-state index contributed by atoms with van der Waals surface area (Å²) in [5.41, 5.74) is -0.0919. The topological polar surface area (TPSA) is 196 Å². The molecule has 0 amide bonds. The summed E-state index contributed by atoms with van der Waals surface area (Å²) in [4.78, 5) is 13.5. The molecule has 0 bridgehead atoms. The molecule has 7 N–H and O–H groups in total. The van der Waals surface area contributed by atoms with Crippen LogP contribution >= 0.6 is 0 Å². The molecule has 0 aromatic heterocycles. The molecular weight excluding hydrogens is 456 g/mol. The molecule has 12 nitrogen and oxygen atoms in total. The molecule has 0 spiro atoms. The number of fused-ring (bicyclic) bond motifs is 1. The van der Waals surface area contributed by atoms with E-state index < -0.39 is 65.9 Å². The molecule has 2 aliphatic heterocycles. The van der Waals surface area contributed by atoms with Crippen molar-refractivity contribution in [1.82, 2.24) is 0 Å². The number of Topliss-reactive ketones (excluding diaryl/α,β-unsaturated/α-hetero) is 1. The number of hydrogen-bond donors (Lipinski definition) is 7. The summed E-state index contributed by atoms with van der Waals surface area (Å²) in [6.07, 6.45) is -10.3.